The zero-order chi connectivity index (χ0) is 9.84. The van der Waals surface area contributed by atoms with Gasteiger partial charge in [0.2, 0.25) is 0 Å². The van der Waals surface area contributed by atoms with Crippen molar-refractivity contribution in [1.29, 1.82) is 0 Å². The summed E-state index contributed by atoms with van der Waals surface area (Å²) in [5.41, 5.74) is 0.570. The molecule has 0 bridgehead atoms. The van der Waals surface area contributed by atoms with Gasteiger partial charge in [-0.05, 0) is 17.7 Å². The van der Waals surface area contributed by atoms with E-state index in [1.165, 1.54) is 18.2 Å². The normalized spacial score (nSPS) is 27.7. The van der Waals surface area contributed by atoms with E-state index < -0.39 is 18.2 Å². The van der Waals surface area contributed by atoms with E-state index >= 15 is 0 Å². The molecule has 0 aromatic heterocycles. The van der Waals surface area contributed by atoms with Crippen molar-refractivity contribution in [1.82, 2.24) is 0 Å². The maximum absolute atomic E-state index is 10.1. The first-order valence-electron chi connectivity index (χ1n) is 3.77. The Morgan fingerprint density at radius 2 is 2.08 bits per heavy atom. The summed E-state index contributed by atoms with van der Waals surface area (Å²) < 4.78 is 0. The molecule has 0 fully saturated rings. The van der Waals surface area contributed by atoms with E-state index in [-0.39, 0.29) is 0 Å². The van der Waals surface area contributed by atoms with E-state index in [2.05, 4.69) is 0 Å². The lowest BCUT2D eigenvalue weighted by Crippen LogP contribution is -2.23. The lowest BCUT2D eigenvalue weighted by atomic mass is 10.0. The van der Waals surface area contributed by atoms with Crippen LogP contribution in [0.15, 0.2) is 36.0 Å². The van der Waals surface area contributed by atoms with Crippen LogP contribution in [0, 0.1) is 0 Å². The Kier molecular flexibility index (Phi) is 3.00. The van der Waals surface area contributed by atoms with Crippen LogP contribution < -0.4 is 0 Å². The highest BCUT2D eigenvalue weighted by molar-refractivity contribution is 5.80. The first-order chi connectivity index (χ1) is 6.09. The fourth-order valence-electron chi connectivity index (χ4n) is 0.953. The summed E-state index contributed by atoms with van der Waals surface area (Å²) in [6.07, 6.45) is 4.82. The molecule has 0 aromatic carbocycles. The topological polar surface area (TPSA) is 77.8 Å². The van der Waals surface area contributed by atoms with Gasteiger partial charge >= 0.3 is 5.97 Å². The first kappa shape index (κ1) is 9.70. The van der Waals surface area contributed by atoms with Crippen LogP contribution in [0.5, 0.6) is 0 Å². The van der Waals surface area contributed by atoms with E-state index in [0.29, 0.717) is 5.57 Å². The van der Waals surface area contributed by atoms with Crippen molar-refractivity contribution < 1.29 is 20.1 Å². The molecule has 0 radical (unpaired) electrons. The van der Waals surface area contributed by atoms with Gasteiger partial charge in [0.25, 0.3) is 0 Å². The fraction of sp³-hybridized carbons (Fsp3) is 0.222. The Balaban J connectivity index is 2.68. The highest BCUT2D eigenvalue weighted by atomic mass is 16.4. The summed E-state index contributed by atoms with van der Waals surface area (Å²) >= 11 is 0. The molecule has 0 spiro atoms. The first-order valence-corrected chi connectivity index (χ1v) is 3.77. The largest absolute Gasteiger partial charge is 0.478 e. The molecule has 1 aliphatic rings. The average Bonchev–Trinajstić information content (AvgIpc) is 2.07. The number of carbonyl (C=O) groups is 1. The monoisotopic (exact) mass is 182 g/mol. The zero-order valence-electron chi connectivity index (χ0n) is 6.79. The van der Waals surface area contributed by atoms with E-state index in [1.807, 2.05) is 0 Å². The molecule has 1 rings (SSSR count). The smallest absolute Gasteiger partial charge is 0.328 e. The molecule has 4 nitrogen and oxygen atoms in total. The maximum atomic E-state index is 10.1. The van der Waals surface area contributed by atoms with Crippen LogP contribution in [0.25, 0.3) is 0 Å². The van der Waals surface area contributed by atoms with Gasteiger partial charge in [0.15, 0.2) is 0 Å². The molecule has 4 heteroatoms. The summed E-state index contributed by atoms with van der Waals surface area (Å²) in [5, 5.41) is 26.5. The lowest BCUT2D eigenvalue weighted by molar-refractivity contribution is -0.131. The molecule has 13 heavy (non-hydrogen) atoms. The van der Waals surface area contributed by atoms with Gasteiger partial charge in [0.05, 0.1) is 0 Å². The molecule has 1 aliphatic carbocycles. The number of carboxylic acid groups (broad SMARTS) is 1. The predicted octanol–water partition coefficient (Wildman–Crippen LogP) is -0.155. The SMILES string of the molecule is O=C(O)C=CC1=CC(O)C(O)C=C1. The third kappa shape index (κ3) is 2.85. The van der Waals surface area contributed by atoms with Crippen LogP contribution in [0.1, 0.15) is 0 Å². The Labute approximate surface area is 75.1 Å². The third-order valence-electron chi connectivity index (χ3n) is 1.62. The molecular weight excluding hydrogens is 172 g/mol. The molecule has 0 amide bonds. The molecule has 3 N–H and O–H groups in total. The molecule has 0 saturated carbocycles. The molecule has 0 saturated heterocycles. The molecule has 0 heterocycles. The number of rotatable bonds is 2. The second-order valence-corrected chi connectivity index (χ2v) is 2.68. The van der Waals surface area contributed by atoms with Crippen molar-refractivity contribution >= 4 is 5.97 Å². The predicted molar refractivity (Wildman–Crippen MR) is 46.0 cm³/mol. The Bertz CT molecular complexity index is 288. The highest BCUT2D eigenvalue weighted by Crippen LogP contribution is 2.11. The number of hydrogen-bond acceptors (Lipinski definition) is 3. The van der Waals surface area contributed by atoms with Gasteiger partial charge in [-0.25, -0.2) is 4.79 Å². The standard InChI is InChI=1S/C9H10O4/c10-7-3-1-6(5-8(7)11)2-4-9(12)13/h1-5,7-8,10-11H,(H,12,13). The molecule has 70 valence electrons. The highest BCUT2D eigenvalue weighted by Gasteiger charge is 2.13. The van der Waals surface area contributed by atoms with Crippen LogP contribution in [-0.2, 0) is 4.79 Å². The van der Waals surface area contributed by atoms with Crippen molar-refractivity contribution in [2.45, 2.75) is 12.2 Å². The van der Waals surface area contributed by atoms with Crippen LogP contribution >= 0.6 is 0 Å². The summed E-state index contributed by atoms with van der Waals surface area (Å²) in [7, 11) is 0. The molecule has 0 aromatic rings. The van der Waals surface area contributed by atoms with Gasteiger partial charge in [0, 0.05) is 6.08 Å². The fourth-order valence-corrected chi connectivity index (χ4v) is 0.953. The summed E-state index contributed by atoms with van der Waals surface area (Å²) in [6.45, 7) is 0. The van der Waals surface area contributed by atoms with Crippen LogP contribution in [0.3, 0.4) is 0 Å². The molecule has 0 aliphatic heterocycles. The Morgan fingerprint density at radius 3 is 2.62 bits per heavy atom. The molecule has 2 atom stereocenters. The number of aliphatic hydroxyl groups is 2. The molecule has 2 unspecified atom stereocenters. The Hall–Kier alpha value is -1.39. The van der Waals surface area contributed by atoms with Gasteiger partial charge in [-0.2, -0.15) is 0 Å². The second kappa shape index (κ2) is 4.02. The van der Waals surface area contributed by atoms with Gasteiger partial charge < -0.3 is 15.3 Å². The summed E-state index contributed by atoms with van der Waals surface area (Å²) in [5.74, 6) is -1.05. The summed E-state index contributed by atoms with van der Waals surface area (Å²) in [4.78, 5) is 10.1. The number of aliphatic carboxylic acids is 1. The minimum absolute atomic E-state index is 0.570. The van der Waals surface area contributed by atoms with Gasteiger partial charge in [-0.3, -0.25) is 0 Å². The van der Waals surface area contributed by atoms with Crippen molar-refractivity contribution in [3.05, 3.63) is 36.0 Å². The van der Waals surface area contributed by atoms with Crippen molar-refractivity contribution in [2.75, 3.05) is 0 Å². The lowest BCUT2D eigenvalue weighted by Gasteiger charge is -2.15. The molecular formula is C9H10O4. The number of allylic oxidation sites excluding steroid dienone is 3. The van der Waals surface area contributed by atoms with E-state index in [0.717, 1.165) is 6.08 Å². The quantitative estimate of drug-likeness (QED) is 0.519. The van der Waals surface area contributed by atoms with E-state index in [4.69, 9.17) is 15.3 Å². The summed E-state index contributed by atoms with van der Waals surface area (Å²) in [6, 6.07) is 0. The van der Waals surface area contributed by atoms with Crippen molar-refractivity contribution in [2.24, 2.45) is 0 Å². The van der Waals surface area contributed by atoms with Crippen molar-refractivity contribution in [3.63, 3.8) is 0 Å². The Morgan fingerprint density at radius 1 is 1.38 bits per heavy atom. The second-order valence-electron chi connectivity index (χ2n) is 2.68. The number of hydrogen-bond donors (Lipinski definition) is 3. The average molecular weight is 182 g/mol. The number of aliphatic hydroxyl groups excluding tert-OH is 2. The van der Waals surface area contributed by atoms with Crippen molar-refractivity contribution in [3.8, 4) is 0 Å². The third-order valence-corrected chi connectivity index (χ3v) is 1.62. The minimum Gasteiger partial charge on any atom is -0.478 e. The van der Waals surface area contributed by atoms with Gasteiger partial charge in [-0.15, -0.1) is 0 Å². The van der Waals surface area contributed by atoms with E-state index in [9.17, 15) is 4.79 Å². The van der Waals surface area contributed by atoms with Gasteiger partial charge in [-0.1, -0.05) is 12.2 Å². The number of carboxylic acids is 1. The zero-order valence-corrected chi connectivity index (χ0v) is 6.79. The van der Waals surface area contributed by atoms with Crippen LogP contribution in [0.2, 0.25) is 0 Å². The van der Waals surface area contributed by atoms with Crippen LogP contribution in [-0.4, -0.2) is 33.5 Å². The maximum Gasteiger partial charge on any atom is 0.328 e. The minimum atomic E-state index is -1.05. The van der Waals surface area contributed by atoms with Gasteiger partial charge in [0.1, 0.15) is 12.2 Å². The van der Waals surface area contributed by atoms with Crippen LogP contribution in [0.4, 0.5) is 0 Å². The van der Waals surface area contributed by atoms with E-state index in [1.54, 1.807) is 6.08 Å².